The molecule has 0 saturated heterocycles. The maximum absolute atomic E-state index is 9.07. The lowest BCUT2D eigenvalue weighted by Crippen LogP contribution is -2.21. The van der Waals surface area contributed by atoms with Gasteiger partial charge in [-0.1, -0.05) is 127 Å². The zero-order valence-corrected chi connectivity index (χ0v) is 32.0. The van der Waals surface area contributed by atoms with Crippen molar-refractivity contribution in [3.8, 4) is 27.9 Å². The predicted molar refractivity (Wildman–Crippen MR) is 243 cm³/mol. The third kappa shape index (κ3) is 5.47. The van der Waals surface area contributed by atoms with Crippen LogP contribution in [0.2, 0.25) is 0 Å². The monoisotopic (exact) mass is 746 g/mol. The Bertz CT molecular complexity index is 3330. The van der Waals surface area contributed by atoms with Gasteiger partial charge in [0.2, 0.25) is 0 Å². The second-order valence-electron chi connectivity index (χ2n) is 15.0. The number of allylic oxidation sites excluding steroid dienone is 1. The van der Waals surface area contributed by atoms with Crippen molar-refractivity contribution in [3.63, 3.8) is 0 Å². The molecule has 2 N–H and O–H groups in total. The summed E-state index contributed by atoms with van der Waals surface area (Å²) in [7, 11) is 1.87. The molecule has 0 amide bonds. The Hall–Kier alpha value is -7.50. The number of aryl methyl sites for hydroxylation is 1. The van der Waals surface area contributed by atoms with Gasteiger partial charge in [0.1, 0.15) is 17.0 Å². The fraction of sp³-hybridized carbons (Fsp3) is 0.0566. The molecule has 0 spiro atoms. The SMILES string of the molecule is CNC(=NC(=N)c1ccc2c(c1)C=CCC2)c1cccc2oc3ccc(-n4c5ccc(-c6ccccc6)cc5c5c6ccccc6c(-c6ccccc6)cc54)cc3c12. The normalized spacial score (nSPS) is 12.9. The second-order valence-corrected chi connectivity index (χ2v) is 15.0. The number of amidine groups is 2. The zero-order valence-electron chi connectivity index (χ0n) is 32.0. The lowest BCUT2D eigenvalue weighted by Gasteiger charge is -2.13. The molecule has 5 heteroatoms. The first-order valence-electron chi connectivity index (χ1n) is 19.8. The first-order chi connectivity index (χ1) is 28.6. The Labute approximate surface area is 335 Å². The summed E-state index contributed by atoms with van der Waals surface area (Å²) < 4.78 is 8.94. The maximum atomic E-state index is 9.07. The number of rotatable bonds is 5. The highest BCUT2D eigenvalue weighted by Gasteiger charge is 2.21. The van der Waals surface area contributed by atoms with E-state index in [0.717, 1.165) is 68.2 Å². The fourth-order valence-corrected chi connectivity index (χ4v) is 8.98. The molecule has 0 bridgehead atoms. The Morgan fingerprint density at radius 3 is 2.24 bits per heavy atom. The number of furan rings is 1. The smallest absolute Gasteiger partial charge is 0.154 e. The minimum Gasteiger partial charge on any atom is -0.456 e. The highest BCUT2D eigenvalue weighted by Crippen LogP contribution is 2.43. The molecular formula is C53H38N4O. The quantitative estimate of drug-likeness (QED) is 0.136. The summed E-state index contributed by atoms with van der Waals surface area (Å²) in [5, 5.41) is 19.2. The topological polar surface area (TPSA) is 66.3 Å². The summed E-state index contributed by atoms with van der Waals surface area (Å²) in [5.41, 5.74) is 13.7. The van der Waals surface area contributed by atoms with E-state index in [1.807, 2.05) is 25.2 Å². The van der Waals surface area contributed by atoms with Crippen LogP contribution in [0.4, 0.5) is 0 Å². The highest BCUT2D eigenvalue weighted by molar-refractivity contribution is 6.25. The Morgan fingerprint density at radius 2 is 1.41 bits per heavy atom. The molecule has 11 rings (SSSR count). The summed E-state index contributed by atoms with van der Waals surface area (Å²) in [5.74, 6) is 0.819. The van der Waals surface area contributed by atoms with Gasteiger partial charge in [-0.25, -0.2) is 4.99 Å². The number of hydrogen-bond acceptors (Lipinski definition) is 2. The van der Waals surface area contributed by atoms with Crippen LogP contribution in [-0.4, -0.2) is 23.3 Å². The number of aliphatic imine (C=N–C) groups is 1. The van der Waals surface area contributed by atoms with Crippen LogP contribution in [0.5, 0.6) is 0 Å². The average molecular weight is 747 g/mol. The maximum Gasteiger partial charge on any atom is 0.154 e. The van der Waals surface area contributed by atoms with Crippen LogP contribution in [0.15, 0.2) is 179 Å². The van der Waals surface area contributed by atoms with Crippen molar-refractivity contribution in [2.75, 3.05) is 7.05 Å². The van der Waals surface area contributed by atoms with Crippen LogP contribution >= 0.6 is 0 Å². The summed E-state index contributed by atoms with van der Waals surface area (Å²) in [6.07, 6.45) is 6.42. The van der Waals surface area contributed by atoms with E-state index < -0.39 is 0 Å². The van der Waals surface area contributed by atoms with Gasteiger partial charge >= 0.3 is 0 Å². The van der Waals surface area contributed by atoms with E-state index in [-0.39, 0.29) is 5.84 Å². The van der Waals surface area contributed by atoms with E-state index in [2.05, 4.69) is 168 Å². The van der Waals surface area contributed by atoms with Crippen LogP contribution in [0.25, 0.3) is 88.5 Å². The van der Waals surface area contributed by atoms with Crippen molar-refractivity contribution < 1.29 is 4.42 Å². The minimum atomic E-state index is 0.207. The Morgan fingerprint density at radius 1 is 0.621 bits per heavy atom. The van der Waals surface area contributed by atoms with Crippen molar-refractivity contribution >= 4 is 72.3 Å². The van der Waals surface area contributed by atoms with E-state index in [1.165, 1.54) is 49.4 Å². The van der Waals surface area contributed by atoms with Crippen molar-refractivity contribution in [3.05, 3.63) is 192 Å². The Balaban J connectivity index is 1.14. The molecule has 10 aromatic rings. The van der Waals surface area contributed by atoms with Crippen molar-refractivity contribution in [1.82, 2.24) is 9.88 Å². The molecule has 0 atom stereocenters. The first-order valence-corrected chi connectivity index (χ1v) is 19.8. The molecule has 0 radical (unpaired) electrons. The lowest BCUT2D eigenvalue weighted by molar-refractivity contribution is 0.669. The van der Waals surface area contributed by atoms with Crippen molar-refractivity contribution in [2.45, 2.75) is 12.8 Å². The fourth-order valence-electron chi connectivity index (χ4n) is 8.98. The molecule has 2 aromatic heterocycles. The van der Waals surface area contributed by atoms with Gasteiger partial charge in [0.15, 0.2) is 5.84 Å². The van der Waals surface area contributed by atoms with Gasteiger partial charge in [0, 0.05) is 45.4 Å². The van der Waals surface area contributed by atoms with E-state index in [1.54, 1.807) is 0 Å². The van der Waals surface area contributed by atoms with Crippen LogP contribution in [-0.2, 0) is 6.42 Å². The summed E-state index contributed by atoms with van der Waals surface area (Å²) >= 11 is 0. The third-order valence-electron chi connectivity index (χ3n) is 11.7. The summed E-state index contributed by atoms with van der Waals surface area (Å²) in [4.78, 5) is 4.89. The average Bonchev–Trinajstić information content (AvgIpc) is 3.83. The Kier molecular flexibility index (Phi) is 7.93. The minimum absolute atomic E-state index is 0.207. The molecule has 58 heavy (non-hydrogen) atoms. The third-order valence-corrected chi connectivity index (χ3v) is 11.7. The number of fused-ring (bicyclic) bond motifs is 9. The van der Waals surface area contributed by atoms with Crippen LogP contribution in [0.3, 0.4) is 0 Å². The largest absolute Gasteiger partial charge is 0.456 e. The van der Waals surface area contributed by atoms with Crippen molar-refractivity contribution in [2.24, 2.45) is 4.99 Å². The molecular weight excluding hydrogens is 709 g/mol. The van der Waals surface area contributed by atoms with E-state index in [9.17, 15) is 0 Å². The lowest BCUT2D eigenvalue weighted by atomic mass is 9.94. The van der Waals surface area contributed by atoms with Crippen LogP contribution < -0.4 is 5.32 Å². The van der Waals surface area contributed by atoms with E-state index in [0.29, 0.717) is 5.84 Å². The molecule has 1 aliphatic carbocycles. The van der Waals surface area contributed by atoms with Gasteiger partial charge < -0.3 is 14.3 Å². The van der Waals surface area contributed by atoms with Gasteiger partial charge in [0.25, 0.3) is 0 Å². The predicted octanol–water partition coefficient (Wildman–Crippen LogP) is 13.1. The van der Waals surface area contributed by atoms with Gasteiger partial charge in [0.05, 0.1) is 11.0 Å². The molecule has 0 unspecified atom stereocenters. The van der Waals surface area contributed by atoms with Crippen LogP contribution in [0.1, 0.15) is 28.7 Å². The second kappa shape index (κ2) is 13.6. The first kappa shape index (κ1) is 33.8. The number of hydrogen-bond donors (Lipinski definition) is 2. The van der Waals surface area contributed by atoms with Crippen molar-refractivity contribution in [1.29, 1.82) is 5.41 Å². The standard InChI is InChI=1S/C53H38N4O/c1-55-53(56-52(54)38-24-23-34-15-8-9-18-36(34)29-38)42-21-12-22-49-51(42)45-31-39(26-28-48(45)58-49)57-46-27-25-37(33-13-4-2-5-14-33)30-44(46)50-41-20-11-10-19-40(41)43(32-47(50)57)35-16-6-3-7-17-35/h2-7,9-14,16-32H,8,15H2,1H3,(H2,54,55,56). The molecule has 276 valence electrons. The molecule has 5 nitrogen and oxygen atoms in total. The van der Waals surface area contributed by atoms with E-state index >= 15 is 0 Å². The molecule has 8 aromatic carbocycles. The number of nitrogens with zero attached hydrogens (tertiary/aromatic N) is 2. The highest BCUT2D eigenvalue weighted by atomic mass is 16.3. The van der Waals surface area contributed by atoms with Gasteiger partial charge in [-0.05, 0) is 106 Å². The van der Waals surface area contributed by atoms with Gasteiger partial charge in [-0.2, -0.15) is 0 Å². The van der Waals surface area contributed by atoms with Crippen LogP contribution in [0, 0.1) is 5.41 Å². The van der Waals surface area contributed by atoms with Gasteiger partial charge in [-0.3, -0.25) is 5.41 Å². The van der Waals surface area contributed by atoms with Gasteiger partial charge in [-0.15, -0.1) is 0 Å². The molecule has 0 aliphatic heterocycles. The summed E-state index contributed by atoms with van der Waals surface area (Å²) in [6, 6.07) is 58.1. The number of aromatic nitrogens is 1. The number of benzene rings is 8. The molecule has 0 saturated carbocycles. The molecule has 1 aliphatic rings. The zero-order chi connectivity index (χ0) is 38.7. The molecule has 2 heterocycles. The summed E-state index contributed by atoms with van der Waals surface area (Å²) in [6.45, 7) is 0. The van der Waals surface area contributed by atoms with E-state index in [4.69, 9.17) is 14.8 Å². The number of nitrogens with one attached hydrogen (secondary N) is 2. The molecule has 0 fully saturated rings.